The highest BCUT2D eigenvalue weighted by molar-refractivity contribution is 7.13. The second kappa shape index (κ2) is 7.75. The maximum absolute atomic E-state index is 12.0. The Kier molecular flexibility index (Phi) is 5.71. The standard InChI is InChI=1S/C15H19N3O2S/c1-2-6-12-10-21-15(16-12)18-14(20)17-13(9-19)11-7-4-3-5-8-11/h3-5,7-8,10,13,19H,2,6,9H2,1H3,(H2,16,17,18,20)/t13-/m1/s1. The molecule has 1 aromatic carbocycles. The zero-order valence-electron chi connectivity index (χ0n) is 11.9. The minimum atomic E-state index is -0.429. The van der Waals surface area contributed by atoms with E-state index in [1.54, 1.807) is 0 Å². The van der Waals surface area contributed by atoms with E-state index >= 15 is 0 Å². The molecule has 0 saturated carbocycles. The fourth-order valence-corrected chi connectivity index (χ4v) is 2.69. The van der Waals surface area contributed by atoms with Gasteiger partial charge in [-0.1, -0.05) is 43.7 Å². The van der Waals surface area contributed by atoms with Crippen molar-refractivity contribution < 1.29 is 9.90 Å². The van der Waals surface area contributed by atoms with Gasteiger partial charge in [0.25, 0.3) is 0 Å². The number of aromatic nitrogens is 1. The van der Waals surface area contributed by atoms with Crippen LogP contribution < -0.4 is 10.6 Å². The topological polar surface area (TPSA) is 74.2 Å². The molecular weight excluding hydrogens is 286 g/mol. The quantitative estimate of drug-likeness (QED) is 0.768. The van der Waals surface area contributed by atoms with Gasteiger partial charge in [0.1, 0.15) is 0 Å². The normalized spacial score (nSPS) is 11.9. The number of nitrogens with one attached hydrogen (secondary N) is 2. The van der Waals surface area contributed by atoms with Gasteiger partial charge in [-0.2, -0.15) is 0 Å². The van der Waals surface area contributed by atoms with Gasteiger partial charge < -0.3 is 10.4 Å². The molecule has 2 amide bonds. The molecule has 2 rings (SSSR count). The van der Waals surface area contributed by atoms with Gasteiger partial charge in [-0.3, -0.25) is 5.32 Å². The Hall–Kier alpha value is -1.92. The SMILES string of the molecule is CCCc1csc(NC(=O)N[C@H](CO)c2ccccc2)n1. The molecule has 112 valence electrons. The molecule has 21 heavy (non-hydrogen) atoms. The van der Waals surface area contributed by atoms with Gasteiger partial charge >= 0.3 is 6.03 Å². The smallest absolute Gasteiger partial charge is 0.321 e. The molecule has 0 radical (unpaired) electrons. The molecule has 0 aliphatic rings. The summed E-state index contributed by atoms with van der Waals surface area (Å²) in [7, 11) is 0. The molecule has 0 aliphatic heterocycles. The maximum atomic E-state index is 12.0. The molecule has 1 aromatic heterocycles. The predicted octanol–water partition coefficient (Wildman–Crippen LogP) is 2.95. The van der Waals surface area contributed by atoms with Crippen molar-refractivity contribution in [1.82, 2.24) is 10.3 Å². The number of thiazole rings is 1. The summed E-state index contributed by atoms with van der Waals surface area (Å²) >= 11 is 1.40. The summed E-state index contributed by atoms with van der Waals surface area (Å²) in [6.07, 6.45) is 1.93. The summed E-state index contributed by atoms with van der Waals surface area (Å²) in [4.78, 5) is 16.3. The lowest BCUT2D eigenvalue weighted by Gasteiger charge is -2.16. The molecule has 0 saturated heterocycles. The zero-order chi connectivity index (χ0) is 15.1. The zero-order valence-corrected chi connectivity index (χ0v) is 12.7. The number of hydrogen-bond acceptors (Lipinski definition) is 4. The van der Waals surface area contributed by atoms with E-state index in [9.17, 15) is 9.90 Å². The molecule has 1 atom stereocenters. The number of nitrogens with zero attached hydrogens (tertiary/aromatic N) is 1. The van der Waals surface area contributed by atoms with Crippen LogP contribution in [0.2, 0.25) is 0 Å². The molecule has 5 nitrogen and oxygen atoms in total. The van der Waals surface area contributed by atoms with Crippen LogP contribution in [-0.2, 0) is 6.42 Å². The molecule has 0 aliphatic carbocycles. The van der Waals surface area contributed by atoms with Crippen molar-refractivity contribution in [2.24, 2.45) is 0 Å². The van der Waals surface area contributed by atoms with Crippen molar-refractivity contribution in [2.45, 2.75) is 25.8 Å². The first kappa shape index (κ1) is 15.5. The number of benzene rings is 1. The third-order valence-electron chi connectivity index (χ3n) is 2.97. The molecule has 3 N–H and O–H groups in total. The Morgan fingerprint density at radius 2 is 2.14 bits per heavy atom. The lowest BCUT2D eigenvalue weighted by Crippen LogP contribution is -2.34. The number of carbonyl (C=O) groups is 1. The third kappa shape index (κ3) is 4.54. The Labute approximate surface area is 128 Å². The van der Waals surface area contributed by atoms with E-state index in [-0.39, 0.29) is 12.6 Å². The second-order valence-corrected chi connectivity index (χ2v) is 5.50. The Bertz CT molecular complexity index is 571. The molecule has 0 spiro atoms. The number of carbonyl (C=O) groups excluding carboxylic acids is 1. The van der Waals surface area contributed by atoms with Crippen molar-refractivity contribution in [3.8, 4) is 0 Å². The number of aliphatic hydroxyl groups excluding tert-OH is 1. The van der Waals surface area contributed by atoms with E-state index in [0.29, 0.717) is 5.13 Å². The predicted molar refractivity (Wildman–Crippen MR) is 84.5 cm³/mol. The number of aryl methyl sites for hydroxylation is 1. The highest BCUT2D eigenvalue weighted by Crippen LogP contribution is 2.17. The van der Waals surface area contributed by atoms with E-state index in [1.165, 1.54) is 11.3 Å². The van der Waals surface area contributed by atoms with Crippen molar-refractivity contribution in [3.05, 3.63) is 47.0 Å². The summed E-state index contributed by atoms with van der Waals surface area (Å²) in [6, 6.07) is 8.57. The van der Waals surface area contributed by atoms with Crippen LogP contribution >= 0.6 is 11.3 Å². The van der Waals surface area contributed by atoms with Gasteiger partial charge in [-0.25, -0.2) is 9.78 Å². The maximum Gasteiger partial charge on any atom is 0.321 e. The first-order valence-corrected chi connectivity index (χ1v) is 7.78. The lowest BCUT2D eigenvalue weighted by molar-refractivity contribution is 0.225. The monoisotopic (exact) mass is 305 g/mol. The fourth-order valence-electron chi connectivity index (χ4n) is 1.95. The number of rotatable bonds is 6. The van der Waals surface area contributed by atoms with E-state index in [2.05, 4.69) is 22.5 Å². The van der Waals surface area contributed by atoms with Gasteiger partial charge in [0.15, 0.2) is 5.13 Å². The van der Waals surface area contributed by atoms with Crippen LogP contribution in [0.15, 0.2) is 35.7 Å². The first-order chi connectivity index (χ1) is 10.2. The van der Waals surface area contributed by atoms with Gasteiger partial charge in [0, 0.05) is 5.38 Å². The highest BCUT2D eigenvalue weighted by atomic mass is 32.1. The summed E-state index contributed by atoms with van der Waals surface area (Å²) in [6.45, 7) is 1.93. The summed E-state index contributed by atoms with van der Waals surface area (Å²) < 4.78 is 0. The third-order valence-corrected chi connectivity index (χ3v) is 3.77. The molecular formula is C15H19N3O2S. The van der Waals surface area contributed by atoms with Crippen LogP contribution in [0, 0.1) is 0 Å². The first-order valence-electron chi connectivity index (χ1n) is 6.90. The van der Waals surface area contributed by atoms with Crippen molar-refractivity contribution >= 4 is 22.5 Å². The van der Waals surface area contributed by atoms with Crippen LogP contribution in [-0.4, -0.2) is 22.7 Å². The Morgan fingerprint density at radius 3 is 2.81 bits per heavy atom. The fraction of sp³-hybridized carbons (Fsp3) is 0.333. The van der Waals surface area contributed by atoms with Crippen molar-refractivity contribution in [3.63, 3.8) is 0 Å². The van der Waals surface area contributed by atoms with E-state index in [0.717, 1.165) is 24.1 Å². The number of aliphatic hydroxyl groups is 1. The van der Waals surface area contributed by atoms with Crippen LogP contribution in [0.3, 0.4) is 0 Å². The molecule has 0 unspecified atom stereocenters. The number of hydrogen-bond donors (Lipinski definition) is 3. The minimum Gasteiger partial charge on any atom is -0.394 e. The molecule has 0 fully saturated rings. The minimum absolute atomic E-state index is 0.156. The molecule has 6 heteroatoms. The van der Waals surface area contributed by atoms with Crippen molar-refractivity contribution in [1.29, 1.82) is 0 Å². The van der Waals surface area contributed by atoms with E-state index in [1.807, 2.05) is 35.7 Å². The highest BCUT2D eigenvalue weighted by Gasteiger charge is 2.14. The Morgan fingerprint density at radius 1 is 1.38 bits per heavy atom. The Balaban J connectivity index is 1.93. The van der Waals surface area contributed by atoms with Crippen LogP contribution in [0.5, 0.6) is 0 Å². The van der Waals surface area contributed by atoms with Crippen LogP contribution in [0.1, 0.15) is 30.6 Å². The molecule has 2 aromatic rings. The van der Waals surface area contributed by atoms with Gasteiger partial charge in [0.05, 0.1) is 18.3 Å². The van der Waals surface area contributed by atoms with Gasteiger partial charge in [-0.15, -0.1) is 11.3 Å². The number of anilines is 1. The van der Waals surface area contributed by atoms with Crippen LogP contribution in [0.4, 0.5) is 9.93 Å². The van der Waals surface area contributed by atoms with E-state index < -0.39 is 6.04 Å². The summed E-state index contributed by atoms with van der Waals surface area (Å²) in [5.74, 6) is 0. The molecule has 1 heterocycles. The van der Waals surface area contributed by atoms with Crippen molar-refractivity contribution in [2.75, 3.05) is 11.9 Å². The largest absolute Gasteiger partial charge is 0.394 e. The second-order valence-electron chi connectivity index (χ2n) is 4.64. The van der Waals surface area contributed by atoms with Crippen LogP contribution in [0.25, 0.3) is 0 Å². The van der Waals surface area contributed by atoms with Gasteiger partial charge in [0.2, 0.25) is 0 Å². The average Bonchev–Trinajstić information content (AvgIpc) is 2.93. The number of urea groups is 1. The summed E-state index contributed by atoms with van der Waals surface area (Å²) in [5, 5.41) is 17.4. The number of amides is 2. The average molecular weight is 305 g/mol. The molecule has 0 bridgehead atoms. The van der Waals surface area contributed by atoms with Gasteiger partial charge in [-0.05, 0) is 12.0 Å². The van der Waals surface area contributed by atoms with E-state index in [4.69, 9.17) is 0 Å². The lowest BCUT2D eigenvalue weighted by atomic mass is 10.1. The summed E-state index contributed by atoms with van der Waals surface area (Å²) in [5.41, 5.74) is 1.85.